The first kappa shape index (κ1) is 17.0. The fourth-order valence-corrected chi connectivity index (χ4v) is 2.47. The quantitative estimate of drug-likeness (QED) is 0.697. The Hall–Kier alpha value is -2.85. The molecule has 0 bridgehead atoms. The van der Waals surface area contributed by atoms with E-state index in [1.807, 2.05) is 54.6 Å². The summed E-state index contributed by atoms with van der Waals surface area (Å²) in [5, 5.41) is 6.84. The summed E-state index contributed by atoms with van der Waals surface area (Å²) in [5.74, 6) is 0.531. The standard InChI is InChI=1S/C20H18ClN3O/c21-18-8-6-16(7-9-18)13-23-19-12-17(10-11-22-19)20(25)24-14-15-4-2-1-3-5-15/h1-12H,13-14H2,(H,22,23)(H,24,25). The number of benzene rings is 2. The van der Waals surface area contributed by atoms with Gasteiger partial charge in [-0.15, -0.1) is 0 Å². The Balaban J connectivity index is 1.58. The summed E-state index contributed by atoms with van der Waals surface area (Å²) >= 11 is 5.88. The van der Waals surface area contributed by atoms with E-state index in [0.29, 0.717) is 29.5 Å². The average molecular weight is 352 g/mol. The van der Waals surface area contributed by atoms with Crippen LogP contribution >= 0.6 is 11.6 Å². The van der Waals surface area contributed by atoms with Crippen LogP contribution in [0.1, 0.15) is 21.5 Å². The van der Waals surface area contributed by atoms with Crippen molar-refractivity contribution in [1.29, 1.82) is 0 Å². The lowest BCUT2D eigenvalue weighted by Gasteiger charge is -2.09. The zero-order chi connectivity index (χ0) is 17.5. The van der Waals surface area contributed by atoms with Crippen LogP contribution in [-0.2, 0) is 13.1 Å². The first-order valence-electron chi connectivity index (χ1n) is 7.97. The summed E-state index contributed by atoms with van der Waals surface area (Å²) in [5.41, 5.74) is 2.72. The van der Waals surface area contributed by atoms with Crippen LogP contribution in [0.2, 0.25) is 5.02 Å². The Bertz CT molecular complexity index is 835. The van der Waals surface area contributed by atoms with Crippen molar-refractivity contribution in [2.75, 3.05) is 5.32 Å². The summed E-state index contributed by atoms with van der Waals surface area (Å²) < 4.78 is 0. The average Bonchev–Trinajstić information content (AvgIpc) is 2.67. The third-order valence-electron chi connectivity index (χ3n) is 3.70. The molecule has 3 rings (SSSR count). The van der Waals surface area contributed by atoms with Gasteiger partial charge in [0.05, 0.1) is 0 Å². The monoisotopic (exact) mass is 351 g/mol. The molecule has 126 valence electrons. The molecular weight excluding hydrogens is 334 g/mol. The molecule has 0 saturated carbocycles. The number of nitrogens with zero attached hydrogens (tertiary/aromatic N) is 1. The van der Waals surface area contributed by atoms with E-state index < -0.39 is 0 Å². The molecular formula is C20H18ClN3O. The van der Waals surface area contributed by atoms with Crippen molar-refractivity contribution < 1.29 is 4.79 Å². The van der Waals surface area contributed by atoms with E-state index in [9.17, 15) is 4.79 Å². The number of aromatic nitrogens is 1. The zero-order valence-electron chi connectivity index (χ0n) is 13.6. The molecule has 0 saturated heterocycles. The topological polar surface area (TPSA) is 54.0 Å². The second kappa shape index (κ2) is 8.31. The highest BCUT2D eigenvalue weighted by molar-refractivity contribution is 6.30. The molecule has 0 aliphatic heterocycles. The lowest BCUT2D eigenvalue weighted by atomic mass is 10.2. The van der Waals surface area contributed by atoms with E-state index in [2.05, 4.69) is 15.6 Å². The minimum atomic E-state index is -0.124. The highest BCUT2D eigenvalue weighted by atomic mass is 35.5. The molecule has 0 spiro atoms. The Morgan fingerprint density at radius 1 is 0.920 bits per heavy atom. The molecule has 0 radical (unpaired) electrons. The van der Waals surface area contributed by atoms with Gasteiger partial charge in [-0.1, -0.05) is 54.1 Å². The predicted molar refractivity (Wildman–Crippen MR) is 101 cm³/mol. The number of rotatable bonds is 6. The minimum absolute atomic E-state index is 0.124. The number of amides is 1. The molecule has 0 aliphatic carbocycles. The summed E-state index contributed by atoms with van der Waals surface area (Å²) in [6, 6.07) is 20.9. The van der Waals surface area contributed by atoms with Crippen molar-refractivity contribution in [3.05, 3.63) is 94.6 Å². The highest BCUT2D eigenvalue weighted by Crippen LogP contribution is 2.12. The van der Waals surface area contributed by atoms with Crippen LogP contribution < -0.4 is 10.6 Å². The molecule has 25 heavy (non-hydrogen) atoms. The van der Waals surface area contributed by atoms with Gasteiger partial charge < -0.3 is 10.6 Å². The third kappa shape index (κ3) is 5.06. The van der Waals surface area contributed by atoms with Crippen LogP contribution in [0.15, 0.2) is 72.9 Å². The summed E-state index contributed by atoms with van der Waals surface area (Å²) in [4.78, 5) is 16.6. The molecule has 0 aliphatic rings. The molecule has 1 aromatic heterocycles. The van der Waals surface area contributed by atoms with Gasteiger partial charge in [0.15, 0.2) is 0 Å². The number of halogens is 1. The maximum Gasteiger partial charge on any atom is 0.251 e. The van der Waals surface area contributed by atoms with Gasteiger partial charge in [-0.05, 0) is 35.4 Å². The van der Waals surface area contributed by atoms with Crippen molar-refractivity contribution in [2.24, 2.45) is 0 Å². The number of carbonyl (C=O) groups excluding carboxylic acids is 1. The van der Waals surface area contributed by atoms with Crippen LogP contribution in [0.3, 0.4) is 0 Å². The van der Waals surface area contributed by atoms with Gasteiger partial charge in [-0.25, -0.2) is 4.98 Å². The molecule has 2 aromatic carbocycles. The number of nitrogens with one attached hydrogen (secondary N) is 2. The Morgan fingerprint density at radius 3 is 2.40 bits per heavy atom. The first-order chi connectivity index (χ1) is 12.2. The van der Waals surface area contributed by atoms with Crippen molar-refractivity contribution in [1.82, 2.24) is 10.3 Å². The van der Waals surface area contributed by atoms with Crippen LogP contribution in [-0.4, -0.2) is 10.9 Å². The van der Waals surface area contributed by atoms with Crippen LogP contribution in [0.4, 0.5) is 5.82 Å². The van der Waals surface area contributed by atoms with Gasteiger partial charge in [-0.3, -0.25) is 4.79 Å². The summed E-state index contributed by atoms with van der Waals surface area (Å²) in [6.07, 6.45) is 1.63. The summed E-state index contributed by atoms with van der Waals surface area (Å²) in [7, 11) is 0. The second-order valence-corrected chi connectivity index (χ2v) is 6.01. The second-order valence-electron chi connectivity index (χ2n) is 5.58. The lowest BCUT2D eigenvalue weighted by Crippen LogP contribution is -2.22. The van der Waals surface area contributed by atoms with Gasteiger partial charge in [0.1, 0.15) is 5.82 Å². The molecule has 2 N–H and O–H groups in total. The fourth-order valence-electron chi connectivity index (χ4n) is 2.34. The van der Waals surface area contributed by atoms with Crippen molar-refractivity contribution in [3.63, 3.8) is 0 Å². The minimum Gasteiger partial charge on any atom is -0.366 e. The molecule has 0 atom stereocenters. The van der Waals surface area contributed by atoms with Gasteiger partial charge in [-0.2, -0.15) is 0 Å². The van der Waals surface area contributed by atoms with E-state index in [1.54, 1.807) is 18.3 Å². The molecule has 1 amide bonds. The van der Waals surface area contributed by atoms with Crippen molar-refractivity contribution in [3.8, 4) is 0 Å². The fraction of sp³-hybridized carbons (Fsp3) is 0.100. The highest BCUT2D eigenvalue weighted by Gasteiger charge is 2.07. The Labute approximate surface area is 151 Å². The van der Waals surface area contributed by atoms with E-state index in [-0.39, 0.29) is 5.91 Å². The molecule has 3 aromatic rings. The smallest absolute Gasteiger partial charge is 0.251 e. The number of hydrogen-bond donors (Lipinski definition) is 2. The van der Waals surface area contributed by atoms with Gasteiger partial charge in [0, 0.05) is 29.9 Å². The van der Waals surface area contributed by atoms with Crippen molar-refractivity contribution in [2.45, 2.75) is 13.1 Å². The molecule has 5 heteroatoms. The van der Waals surface area contributed by atoms with Crippen LogP contribution in [0.5, 0.6) is 0 Å². The van der Waals surface area contributed by atoms with Crippen LogP contribution in [0.25, 0.3) is 0 Å². The SMILES string of the molecule is O=C(NCc1ccccc1)c1ccnc(NCc2ccc(Cl)cc2)c1. The molecule has 0 fully saturated rings. The zero-order valence-corrected chi connectivity index (χ0v) is 14.3. The number of anilines is 1. The number of carbonyl (C=O) groups is 1. The van der Waals surface area contributed by atoms with E-state index in [0.717, 1.165) is 11.1 Å². The van der Waals surface area contributed by atoms with Gasteiger partial charge in [0.2, 0.25) is 0 Å². The maximum absolute atomic E-state index is 12.3. The Morgan fingerprint density at radius 2 is 1.64 bits per heavy atom. The molecule has 4 nitrogen and oxygen atoms in total. The van der Waals surface area contributed by atoms with E-state index in [1.165, 1.54) is 0 Å². The third-order valence-corrected chi connectivity index (χ3v) is 3.96. The Kier molecular flexibility index (Phi) is 5.65. The summed E-state index contributed by atoms with van der Waals surface area (Å²) in [6.45, 7) is 1.11. The number of hydrogen-bond acceptors (Lipinski definition) is 3. The molecule has 0 unspecified atom stereocenters. The van der Waals surface area contributed by atoms with Crippen LogP contribution in [0, 0.1) is 0 Å². The van der Waals surface area contributed by atoms with Gasteiger partial charge in [0.25, 0.3) is 5.91 Å². The van der Waals surface area contributed by atoms with E-state index in [4.69, 9.17) is 11.6 Å². The largest absolute Gasteiger partial charge is 0.366 e. The van der Waals surface area contributed by atoms with E-state index >= 15 is 0 Å². The van der Waals surface area contributed by atoms with Gasteiger partial charge >= 0.3 is 0 Å². The maximum atomic E-state index is 12.3. The molecule has 1 heterocycles. The lowest BCUT2D eigenvalue weighted by molar-refractivity contribution is 0.0951. The number of pyridine rings is 1. The first-order valence-corrected chi connectivity index (χ1v) is 8.35. The predicted octanol–water partition coefficient (Wildman–Crippen LogP) is 4.28. The van der Waals surface area contributed by atoms with Crippen molar-refractivity contribution >= 4 is 23.3 Å². The normalized spacial score (nSPS) is 10.3.